The van der Waals surface area contributed by atoms with Crippen LogP contribution >= 0.6 is 0 Å². The van der Waals surface area contributed by atoms with Crippen LogP contribution in [0, 0.1) is 11.8 Å². The van der Waals surface area contributed by atoms with Gasteiger partial charge in [0.15, 0.2) is 5.78 Å². The van der Waals surface area contributed by atoms with Crippen LogP contribution in [0.3, 0.4) is 0 Å². The van der Waals surface area contributed by atoms with E-state index in [0.717, 1.165) is 30.5 Å². The normalized spacial score (nSPS) is 20.4. The Hall–Kier alpha value is -1.31. The number of rotatable bonds is 3. The van der Waals surface area contributed by atoms with Crippen LogP contribution in [0.2, 0.25) is 0 Å². The first-order valence-electron chi connectivity index (χ1n) is 7.44. The van der Waals surface area contributed by atoms with E-state index < -0.39 is 0 Å². The van der Waals surface area contributed by atoms with Gasteiger partial charge in [0.2, 0.25) is 0 Å². The Morgan fingerprint density at radius 1 is 1.16 bits per heavy atom. The molecule has 0 N–H and O–H groups in total. The fraction of sp³-hybridized carbons (Fsp3) is 0.588. The van der Waals surface area contributed by atoms with Crippen LogP contribution in [0.25, 0.3) is 0 Å². The quantitative estimate of drug-likeness (QED) is 0.760. The van der Waals surface area contributed by atoms with Crippen LogP contribution in [0.15, 0.2) is 24.3 Å². The summed E-state index contributed by atoms with van der Waals surface area (Å²) in [5.74, 6) is 1.80. The largest absolute Gasteiger partial charge is 0.372 e. The van der Waals surface area contributed by atoms with Crippen molar-refractivity contribution in [3.05, 3.63) is 29.8 Å². The molecule has 1 atom stereocenters. The van der Waals surface area contributed by atoms with Crippen molar-refractivity contribution in [3.63, 3.8) is 0 Å². The van der Waals surface area contributed by atoms with Crippen LogP contribution in [-0.2, 0) is 0 Å². The number of hydrogen-bond acceptors (Lipinski definition) is 2. The van der Waals surface area contributed by atoms with Crippen LogP contribution in [0.5, 0.6) is 0 Å². The minimum absolute atomic E-state index is 0.141. The highest BCUT2D eigenvalue weighted by Gasteiger charge is 2.19. The van der Waals surface area contributed by atoms with E-state index in [4.69, 9.17) is 0 Å². The molecule has 0 radical (unpaired) electrons. The summed E-state index contributed by atoms with van der Waals surface area (Å²) >= 11 is 0. The maximum atomic E-state index is 11.3. The Labute approximate surface area is 116 Å². The highest BCUT2D eigenvalue weighted by Crippen LogP contribution is 2.27. The molecule has 1 unspecified atom stereocenters. The highest BCUT2D eigenvalue weighted by molar-refractivity contribution is 5.94. The van der Waals surface area contributed by atoms with E-state index in [0.29, 0.717) is 0 Å². The molecule has 0 aromatic heterocycles. The van der Waals surface area contributed by atoms with Crippen molar-refractivity contribution in [2.75, 3.05) is 18.0 Å². The fourth-order valence-corrected chi connectivity index (χ4v) is 2.95. The summed E-state index contributed by atoms with van der Waals surface area (Å²) in [5.41, 5.74) is 2.06. The predicted molar refractivity (Wildman–Crippen MR) is 80.8 cm³/mol. The molecule has 1 heterocycles. The van der Waals surface area contributed by atoms with Gasteiger partial charge in [-0.15, -0.1) is 0 Å². The van der Waals surface area contributed by atoms with Gasteiger partial charge >= 0.3 is 0 Å². The molecule has 1 saturated heterocycles. The van der Waals surface area contributed by atoms with Gasteiger partial charge in [-0.3, -0.25) is 4.79 Å². The Balaban J connectivity index is 2.03. The third-order valence-electron chi connectivity index (χ3n) is 4.35. The molecule has 1 aliphatic rings. The van der Waals surface area contributed by atoms with Gasteiger partial charge in [0.25, 0.3) is 0 Å². The number of Topliss-reactive ketones (excluding diaryl/α,β-unsaturated/α-hetero) is 1. The number of hydrogen-bond donors (Lipinski definition) is 0. The van der Waals surface area contributed by atoms with Gasteiger partial charge in [-0.05, 0) is 62.3 Å². The van der Waals surface area contributed by atoms with Crippen molar-refractivity contribution in [1.82, 2.24) is 0 Å². The zero-order valence-corrected chi connectivity index (χ0v) is 12.4. The van der Waals surface area contributed by atoms with Crippen molar-refractivity contribution in [3.8, 4) is 0 Å². The Morgan fingerprint density at radius 2 is 1.84 bits per heavy atom. The third kappa shape index (κ3) is 3.59. The van der Waals surface area contributed by atoms with Gasteiger partial charge in [0.1, 0.15) is 0 Å². The van der Waals surface area contributed by atoms with Gasteiger partial charge in [-0.25, -0.2) is 0 Å². The second-order valence-corrected chi connectivity index (χ2v) is 6.03. The average Bonchev–Trinajstić information content (AvgIpc) is 2.64. The highest BCUT2D eigenvalue weighted by atomic mass is 16.1. The summed E-state index contributed by atoms with van der Waals surface area (Å²) in [5, 5.41) is 0. The molecule has 1 fully saturated rings. The van der Waals surface area contributed by atoms with Crippen LogP contribution in [-0.4, -0.2) is 18.9 Å². The monoisotopic (exact) mass is 259 g/mol. The molecule has 2 heteroatoms. The maximum absolute atomic E-state index is 11.3. The molecule has 0 aliphatic carbocycles. The summed E-state index contributed by atoms with van der Waals surface area (Å²) in [4.78, 5) is 13.8. The predicted octanol–water partition coefficient (Wildman–Crippen LogP) is 4.15. The Bertz CT molecular complexity index is 421. The zero-order chi connectivity index (χ0) is 13.8. The second-order valence-electron chi connectivity index (χ2n) is 6.03. The molecule has 0 saturated carbocycles. The molecule has 1 aliphatic heterocycles. The molecule has 1 aromatic rings. The molecular formula is C17H25NO. The molecule has 19 heavy (non-hydrogen) atoms. The number of benzene rings is 1. The molecule has 0 spiro atoms. The molecule has 0 bridgehead atoms. The minimum Gasteiger partial charge on any atom is -0.372 e. The molecule has 104 valence electrons. The van der Waals surface area contributed by atoms with E-state index in [1.807, 2.05) is 12.1 Å². The standard InChI is InChI=1S/C17H25NO/c1-13(2)15-5-4-11-18(12-10-15)17-8-6-16(7-9-17)14(3)19/h6-9,13,15H,4-5,10-12H2,1-3H3. The summed E-state index contributed by atoms with van der Waals surface area (Å²) in [6.07, 6.45) is 3.91. The number of ketones is 1. The Kier molecular flexibility index (Phi) is 4.62. The number of carbonyl (C=O) groups is 1. The van der Waals surface area contributed by atoms with E-state index in [-0.39, 0.29) is 5.78 Å². The van der Waals surface area contributed by atoms with Crippen molar-refractivity contribution < 1.29 is 4.79 Å². The fourth-order valence-electron chi connectivity index (χ4n) is 2.95. The smallest absolute Gasteiger partial charge is 0.159 e. The van der Waals surface area contributed by atoms with Gasteiger partial charge in [0, 0.05) is 24.3 Å². The van der Waals surface area contributed by atoms with E-state index in [1.54, 1.807) is 6.92 Å². The van der Waals surface area contributed by atoms with Gasteiger partial charge in [-0.2, -0.15) is 0 Å². The van der Waals surface area contributed by atoms with Gasteiger partial charge < -0.3 is 4.90 Å². The lowest BCUT2D eigenvalue weighted by atomic mass is 9.89. The van der Waals surface area contributed by atoms with E-state index >= 15 is 0 Å². The molecule has 2 nitrogen and oxygen atoms in total. The van der Waals surface area contributed by atoms with Crippen molar-refractivity contribution in [2.45, 2.75) is 40.0 Å². The first-order valence-corrected chi connectivity index (χ1v) is 7.44. The maximum Gasteiger partial charge on any atom is 0.159 e. The first-order chi connectivity index (χ1) is 9.08. The lowest BCUT2D eigenvalue weighted by Crippen LogP contribution is -2.24. The van der Waals surface area contributed by atoms with Gasteiger partial charge in [0.05, 0.1) is 0 Å². The topological polar surface area (TPSA) is 20.3 Å². The van der Waals surface area contributed by atoms with Crippen molar-refractivity contribution >= 4 is 11.5 Å². The zero-order valence-electron chi connectivity index (χ0n) is 12.4. The first kappa shape index (κ1) is 14.1. The van der Waals surface area contributed by atoms with Crippen molar-refractivity contribution in [2.24, 2.45) is 11.8 Å². The summed E-state index contributed by atoms with van der Waals surface area (Å²) in [6.45, 7) is 8.57. The van der Waals surface area contributed by atoms with Gasteiger partial charge in [-0.1, -0.05) is 13.8 Å². The molecule has 1 aromatic carbocycles. The second kappa shape index (κ2) is 6.23. The molecule has 2 rings (SSSR count). The van der Waals surface area contributed by atoms with E-state index in [2.05, 4.69) is 30.9 Å². The number of anilines is 1. The lowest BCUT2D eigenvalue weighted by molar-refractivity contribution is 0.101. The lowest BCUT2D eigenvalue weighted by Gasteiger charge is -2.23. The Morgan fingerprint density at radius 3 is 2.42 bits per heavy atom. The van der Waals surface area contributed by atoms with Crippen LogP contribution in [0.1, 0.15) is 50.4 Å². The van der Waals surface area contributed by atoms with E-state index in [9.17, 15) is 4.79 Å². The SMILES string of the molecule is CC(=O)c1ccc(N2CCCC(C(C)C)CC2)cc1. The summed E-state index contributed by atoms with van der Waals surface area (Å²) in [6, 6.07) is 8.07. The number of nitrogens with zero attached hydrogens (tertiary/aromatic N) is 1. The van der Waals surface area contributed by atoms with Crippen LogP contribution < -0.4 is 4.90 Å². The summed E-state index contributed by atoms with van der Waals surface area (Å²) in [7, 11) is 0. The van der Waals surface area contributed by atoms with E-state index in [1.165, 1.54) is 24.9 Å². The molecular weight excluding hydrogens is 234 g/mol. The third-order valence-corrected chi connectivity index (χ3v) is 4.35. The average molecular weight is 259 g/mol. The minimum atomic E-state index is 0.141. The summed E-state index contributed by atoms with van der Waals surface area (Å²) < 4.78 is 0. The van der Waals surface area contributed by atoms with Crippen LogP contribution in [0.4, 0.5) is 5.69 Å². The van der Waals surface area contributed by atoms with Crippen molar-refractivity contribution in [1.29, 1.82) is 0 Å². The number of carbonyl (C=O) groups excluding carboxylic acids is 1. The molecule has 0 amide bonds.